The maximum absolute atomic E-state index is 13.1. The second-order valence-corrected chi connectivity index (χ2v) is 7.78. The third kappa shape index (κ3) is 4.71. The average molecular weight is 495 g/mol. The normalized spacial score (nSPS) is 15.9. The SMILES string of the molecule is CCOc1cc(Br)c([C@@H]2NC(=O)NC(C)=C2C(=O)Nc2cccc(Cl)c2)cc1OC. The number of allylic oxidation sites excluding steroid dienone is 1. The van der Waals surface area contributed by atoms with Gasteiger partial charge < -0.3 is 25.4 Å². The first-order valence-corrected chi connectivity index (χ1v) is 10.4. The monoisotopic (exact) mass is 493 g/mol. The van der Waals surface area contributed by atoms with Gasteiger partial charge in [-0.15, -0.1) is 0 Å². The Kier molecular flexibility index (Phi) is 6.89. The van der Waals surface area contributed by atoms with Gasteiger partial charge >= 0.3 is 6.03 Å². The topological polar surface area (TPSA) is 88.7 Å². The van der Waals surface area contributed by atoms with Crippen molar-refractivity contribution in [3.8, 4) is 11.5 Å². The van der Waals surface area contributed by atoms with E-state index in [-0.39, 0.29) is 5.91 Å². The van der Waals surface area contributed by atoms with Gasteiger partial charge in [0.2, 0.25) is 0 Å². The number of anilines is 1. The number of ether oxygens (including phenoxy) is 2. The van der Waals surface area contributed by atoms with Crippen molar-refractivity contribution in [1.29, 1.82) is 0 Å². The lowest BCUT2D eigenvalue weighted by Crippen LogP contribution is -2.46. The molecule has 0 radical (unpaired) electrons. The molecular formula is C21H21BrClN3O4. The molecule has 0 bridgehead atoms. The first kappa shape index (κ1) is 22.0. The summed E-state index contributed by atoms with van der Waals surface area (Å²) in [4.78, 5) is 25.3. The number of carbonyl (C=O) groups excluding carboxylic acids is 2. The van der Waals surface area contributed by atoms with Crippen molar-refractivity contribution in [2.24, 2.45) is 0 Å². The van der Waals surface area contributed by atoms with E-state index in [1.165, 1.54) is 7.11 Å². The third-order valence-electron chi connectivity index (χ3n) is 4.49. The molecule has 3 N–H and O–H groups in total. The summed E-state index contributed by atoms with van der Waals surface area (Å²) in [5, 5.41) is 8.81. The van der Waals surface area contributed by atoms with E-state index in [0.717, 1.165) is 0 Å². The van der Waals surface area contributed by atoms with Crippen LogP contribution in [0.15, 0.2) is 52.1 Å². The van der Waals surface area contributed by atoms with E-state index >= 15 is 0 Å². The fourth-order valence-electron chi connectivity index (χ4n) is 3.19. The standard InChI is InChI=1S/C21H21BrClN3O4/c1-4-30-17-10-15(22)14(9-16(17)29-3)19-18(11(2)24-21(28)26-19)20(27)25-13-7-5-6-12(23)8-13/h5-10,19H,4H2,1-3H3,(H,25,27)(H2,24,26,28)/t19-/m0/s1. The maximum atomic E-state index is 13.1. The van der Waals surface area contributed by atoms with Gasteiger partial charge in [-0.25, -0.2) is 4.79 Å². The second-order valence-electron chi connectivity index (χ2n) is 6.49. The molecule has 158 valence electrons. The molecule has 3 amide bonds. The molecule has 9 heteroatoms. The van der Waals surface area contributed by atoms with Crippen molar-refractivity contribution in [2.45, 2.75) is 19.9 Å². The zero-order valence-electron chi connectivity index (χ0n) is 16.6. The smallest absolute Gasteiger partial charge is 0.319 e. The molecule has 0 spiro atoms. The largest absolute Gasteiger partial charge is 0.493 e. The van der Waals surface area contributed by atoms with Gasteiger partial charge in [-0.3, -0.25) is 4.79 Å². The van der Waals surface area contributed by atoms with E-state index in [0.29, 0.717) is 50.1 Å². The predicted octanol–water partition coefficient (Wildman–Crippen LogP) is 4.78. The van der Waals surface area contributed by atoms with Crippen LogP contribution in [0.5, 0.6) is 11.5 Å². The Bertz CT molecular complexity index is 1030. The van der Waals surface area contributed by atoms with E-state index in [4.69, 9.17) is 21.1 Å². The number of rotatable bonds is 6. The van der Waals surface area contributed by atoms with Gasteiger partial charge in [0.25, 0.3) is 5.91 Å². The van der Waals surface area contributed by atoms with Crippen molar-refractivity contribution in [3.63, 3.8) is 0 Å². The minimum absolute atomic E-state index is 0.362. The third-order valence-corrected chi connectivity index (χ3v) is 5.41. The molecule has 0 fully saturated rings. The summed E-state index contributed by atoms with van der Waals surface area (Å²) >= 11 is 9.55. The summed E-state index contributed by atoms with van der Waals surface area (Å²) in [5.41, 5.74) is 2.01. The van der Waals surface area contributed by atoms with Crippen LogP contribution < -0.4 is 25.4 Å². The summed E-state index contributed by atoms with van der Waals surface area (Å²) in [6.07, 6.45) is 0. The molecule has 2 aromatic carbocycles. The molecule has 0 aromatic heterocycles. The summed E-state index contributed by atoms with van der Waals surface area (Å²) in [6.45, 7) is 4.02. The molecule has 1 aliphatic rings. The lowest BCUT2D eigenvalue weighted by Gasteiger charge is -2.29. The van der Waals surface area contributed by atoms with Gasteiger partial charge in [-0.1, -0.05) is 33.6 Å². The first-order valence-electron chi connectivity index (χ1n) is 9.19. The first-order chi connectivity index (χ1) is 14.3. The molecule has 3 rings (SSSR count). The number of methoxy groups -OCH3 is 1. The summed E-state index contributed by atoms with van der Waals surface area (Å²) in [7, 11) is 1.53. The van der Waals surface area contributed by atoms with Crippen LogP contribution >= 0.6 is 27.5 Å². The van der Waals surface area contributed by atoms with E-state index in [1.54, 1.807) is 43.3 Å². The number of amides is 3. The predicted molar refractivity (Wildman–Crippen MR) is 119 cm³/mol. The van der Waals surface area contributed by atoms with Crippen LogP contribution in [0.1, 0.15) is 25.5 Å². The van der Waals surface area contributed by atoms with Crippen molar-refractivity contribution < 1.29 is 19.1 Å². The Labute approximate surface area is 187 Å². The highest BCUT2D eigenvalue weighted by molar-refractivity contribution is 9.10. The van der Waals surface area contributed by atoms with E-state index < -0.39 is 12.1 Å². The molecule has 0 saturated heterocycles. The number of urea groups is 1. The van der Waals surface area contributed by atoms with Crippen LogP contribution in [0.4, 0.5) is 10.5 Å². The van der Waals surface area contributed by atoms with Crippen LogP contribution in [0.3, 0.4) is 0 Å². The van der Waals surface area contributed by atoms with Gasteiger partial charge in [-0.2, -0.15) is 0 Å². The number of carbonyl (C=O) groups is 2. The Balaban J connectivity index is 2.02. The van der Waals surface area contributed by atoms with Gasteiger partial charge in [0.1, 0.15) is 0 Å². The van der Waals surface area contributed by atoms with Crippen LogP contribution in [-0.2, 0) is 4.79 Å². The fraction of sp³-hybridized carbons (Fsp3) is 0.238. The molecule has 0 aliphatic carbocycles. The van der Waals surface area contributed by atoms with Crippen LogP contribution in [0.25, 0.3) is 0 Å². The van der Waals surface area contributed by atoms with Crippen molar-refractivity contribution in [2.75, 3.05) is 19.0 Å². The number of hydrogen-bond donors (Lipinski definition) is 3. The van der Waals surface area contributed by atoms with E-state index in [9.17, 15) is 9.59 Å². The minimum atomic E-state index is -0.711. The molecular weight excluding hydrogens is 474 g/mol. The fourth-order valence-corrected chi connectivity index (χ4v) is 3.93. The number of benzene rings is 2. The number of halogens is 2. The van der Waals surface area contributed by atoms with Gasteiger partial charge in [0.05, 0.1) is 25.3 Å². The summed E-state index contributed by atoms with van der Waals surface area (Å²) in [5.74, 6) is 0.684. The Morgan fingerprint density at radius 1 is 1.27 bits per heavy atom. The average Bonchev–Trinajstić information content (AvgIpc) is 2.67. The van der Waals surface area contributed by atoms with Gasteiger partial charge in [0, 0.05) is 20.9 Å². The molecule has 1 atom stereocenters. The summed E-state index contributed by atoms with van der Waals surface area (Å²) < 4.78 is 11.7. The quantitative estimate of drug-likeness (QED) is 0.539. The highest BCUT2D eigenvalue weighted by Gasteiger charge is 2.33. The zero-order chi connectivity index (χ0) is 21.8. The molecule has 1 aliphatic heterocycles. The van der Waals surface area contributed by atoms with Gasteiger partial charge in [0.15, 0.2) is 11.5 Å². The highest BCUT2D eigenvalue weighted by atomic mass is 79.9. The number of nitrogens with one attached hydrogen (secondary N) is 3. The van der Waals surface area contributed by atoms with Crippen molar-refractivity contribution in [3.05, 3.63) is 62.7 Å². The lowest BCUT2D eigenvalue weighted by atomic mass is 9.94. The van der Waals surface area contributed by atoms with Gasteiger partial charge in [-0.05, 0) is 49.7 Å². The molecule has 0 saturated carbocycles. The second kappa shape index (κ2) is 9.40. The molecule has 1 heterocycles. The molecule has 2 aromatic rings. The van der Waals surface area contributed by atoms with Crippen molar-refractivity contribution >= 4 is 45.2 Å². The zero-order valence-corrected chi connectivity index (χ0v) is 19.0. The highest BCUT2D eigenvalue weighted by Crippen LogP contribution is 2.39. The van der Waals surface area contributed by atoms with E-state index in [2.05, 4.69) is 31.9 Å². The molecule has 0 unspecified atom stereocenters. The van der Waals surface area contributed by atoms with Crippen LogP contribution in [0.2, 0.25) is 5.02 Å². The lowest BCUT2D eigenvalue weighted by molar-refractivity contribution is -0.113. The Morgan fingerprint density at radius 3 is 2.70 bits per heavy atom. The Hall–Kier alpha value is -2.71. The summed E-state index contributed by atoms with van der Waals surface area (Å²) in [6, 6.07) is 9.23. The maximum Gasteiger partial charge on any atom is 0.319 e. The van der Waals surface area contributed by atoms with E-state index in [1.807, 2.05) is 6.92 Å². The minimum Gasteiger partial charge on any atom is -0.493 e. The molecule has 30 heavy (non-hydrogen) atoms. The van der Waals surface area contributed by atoms with Crippen LogP contribution in [0, 0.1) is 0 Å². The van der Waals surface area contributed by atoms with Crippen molar-refractivity contribution in [1.82, 2.24) is 10.6 Å². The Morgan fingerprint density at radius 2 is 2.03 bits per heavy atom. The van der Waals surface area contributed by atoms with Crippen LogP contribution in [-0.4, -0.2) is 25.7 Å². The number of hydrogen-bond acceptors (Lipinski definition) is 4. The molecule has 7 nitrogen and oxygen atoms in total.